The van der Waals surface area contributed by atoms with Gasteiger partial charge in [0.05, 0.1) is 0 Å². The lowest BCUT2D eigenvalue weighted by Gasteiger charge is -2.38. The molecule has 1 aliphatic rings. The van der Waals surface area contributed by atoms with Gasteiger partial charge in [-0.25, -0.2) is 0 Å². The first kappa shape index (κ1) is 18.9. The van der Waals surface area contributed by atoms with E-state index in [1.807, 2.05) is 11.6 Å². The van der Waals surface area contributed by atoms with Gasteiger partial charge >= 0.3 is 0 Å². The number of amides is 1. The first-order valence-electron chi connectivity index (χ1n) is 9.44. The average Bonchev–Trinajstić information content (AvgIpc) is 2.99. The van der Waals surface area contributed by atoms with Gasteiger partial charge in [0.1, 0.15) is 12.2 Å². The molecule has 0 bridgehead atoms. The maximum atomic E-state index is 12.3. The van der Waals surface area contributed by atoms with Crippen LogP contribution in [0.2, 0.25) is 0 Å². The minimum atomic E-state index is 0.183. The molecule has 1 saturated carbocycles. The van der Waals surface area contributed by atoms with Crippen molar-refractivity contribution in [1.29, 1.82) is 0 Å². The van der Waals surface area contributed by atoms with E-state index < -0.39 is 0 Å². The third-order valence-corrected chi connectivity index (χ3v) is 6.13. The van der Waals surface area contributed by atoms with Crippen LogP contribution in [0.4, 0.5) is 0 Å². The third-order valence-electron chi connectivity index (χ3n) is 6.13. The van der Waals surface area contributed by atoms with Crippen molar-refractivity contribution in [2.75, 3.05) is 6.54 Å². The Labute approximate surface area is 146 Å². The number of hydrogen-bond acceptors (Lipinski definition) is 3. The van der Waals surface area contributed by atoms with E-state index >= 15 is 0 Å². The van der Waals surface area contributed by atoms with Crippen LogP contribution in [0.25, 0.3) is 0 Å². The second-order valence-corrected chi connectivity index (χ2v) is 8.27. The summed E-state index contributed by atoms with van der Waals surface area (Å²) in [4.78, 5) is 12.3. The summed E-state index contributed by atoms with van der Waals surface area (Å²) in [5.41, 5.74) is 0.443. The second-order valence-electron chi connectivity index (χ2n) is 8.27. The Kier molecular flexibility index (Phi) is 6.41. The fourth-order valence-electron chi connectivity index (χ4n) is 3.87. The number of rotatable bonds is 7. The molecule has 0 spiro atoms. The molecule has 1 aromatic heterocycles. The van der Waals surface area contributed by atoms with Crippen molar-refractivity contribution >= 4 is 5.91 Å². The molecule has 1 heterocycles. The predicted molar refractivity (Wildman–Crippen MR) is 96.6 cm³/mol. The highest BCUT2D eigenvalue weighted by atomic mass is 16.1. The molecule has 1 amide bonds. The van der Waals surface area contributed by atoms with E-state index in [0.717, 1.165) is 11.7 Å². The van der Waals surface area contributed by atoms with Gasteiger partial charge in [-0.1, -0.05) is 34.1 Å². The Hall–Kier alpha value is -1.39. The predicted octanol–water partition coefficient (Wildman–Crippen LogP) is 3.67. The molecule has 1 N–H and O–H groups in total. The number of carbonyl (C=O) groups is 1. The van der Waals surface area contributed by atoms with Gasteiger partial charge < -0.3 is 9.88 Å². The van der Waals surface area contributed by atoms with Crippen LogP contribution >= 0.6 is 0 Å². The number of nitrogens with zero attached hydrogens (tertiary/aromatic N) is 3. The highest BCUT2D eigenvalue weighted by Crippen LogP contribution is 2.42. The van der Waals surface area contributed by atoms with Crippen molar-refractivity contribution in [2.45, 2.75) is 72.1 Å². The first-order valence-corrected chi connectivity index (χ1v) is 9.44. The Morgan fingerprint density at radius 2 is 2.04 bits per heavy atom. The van der Waals surface area contributed by atoms with Crippen LogP contribution in [0.15, 0.2) is 6.33 Å². The lowest BCUT2D eigenvalue weighted by atomic mass is 9.67. The SMILES string of the molecule is CCC(C)(C)C1CCC(CC(=O)NC[C@H](C)c2nncn2C)CC1. The molecule has 0 saturated heterocycles. The van der Waals surface area contributed by atoms with Crippen LogP contribution in [-0.4, -0.2) is 27.2 Å². The Morgan fingerprint density at radius 1 is 1.38 bits per heavy atom. The monoisotopic (exact) mass is 334 g/mol. The Morgan fingerprint density at radius 3 is 2.58 bits per heavy atom. The average molecular weight is 335 g/mol. The van der Waals surface area contributed by atoms with E-state index in [1.165, 1.54) is 32.1 Å². The summed E-state index contributed by atoms with van der Waals surface area (Å²) in [5.74, 6) is 2.65. The quantitative estimate of drug-likeness (QED) is 0.827. The summed E-state index contributed by atoms with van der Waals surface area (Å²) in [6, 6.07) is 0. The van der Waals surface area contributed by atoms with Gasteiger partial charge in [0.2, 0.25) is 5.91 Å². The first-order chi connectivity index (χ1) is 11.3. The largest absolute Gasteiger partial charge is 0.355 e. The standard InChI is InChI=1S/C19H34N4O/c1-6-19(3,4)16-9-7-15(8-10-16)11-17(24)20-12-14(2)18-22-21-13-23(18)5/h13-16H,6-12H2,1-5H3,(H,20,24)/t14-,15?,16?/m0/s1. The summed E-state index contributed by atoms with van der Waals surface area (Å²) in [6.45, 7) is 9.76. The van der Waals surface area contributed by atoms with Gasteiger partial charge in [-0.2, -0.15) is 0 Å². The molecule has 2 rings (SSSR count). The Bertz CT molecular complexity index is 529. The maximum Gasteiger partial charge on any atom is 0.220 e. The van der Waals surface area contributed by atoms with Crippen molar-refractivity contribution < 1.29 is 4.79 Å². The van der Waals surface area contributed by atoms with Crippen molar-refractivity contribution in [3.63, 3.8) is 0 Å². The van der Waals surface area contributed by atoms with E-state index in [2.05, 4.69) is 43.2 Å². The van der Waals surface area contributed by atoms with Gasteiger partial charge in [-0.15, -0.1) is 10.2 Å². The van der Waals surface area contributed by atoms with Crippen LogP contribution in [-0.2, 0) is 11.8 Å². The number of carbonyl (C=O) groups excluding carboxylic acids is 1. The molecule has 24 heavy (non-hydrogen) atoms. The van der Waals surface area contributed by atoms with Crippen LogP contribution in [0.3, 0.4) is 0 Å². The number of aryl methyl sites for hydroxylation is 1. The lowest BCUT2D eigenvalue weighted by molar-refractivity contribution is -0.122. The summed E-state index contributed by atoms with van der Waals surface area (Å²) < 4.78 is 1.91. The van der Waals surface area contributed by atoms with E-state index in [9.17, 15) is 4.79 Å². The van der Waals surface area contributed by atoms with Gasteiger partial charge in [0.25, 0.3) is 0 Å². The zero-order valence-electron chi connectivity index (χ0n) is 16.0. The normalized spacial score (nSPS) is 23.0. The number of aromatic nitrogens is 3. The highest BCUT2D eigenvalue weighted by Gasteiger charge is 2.32. The van der Waals surface area contributed by atoms with E-state index in [-0.39, 0.29) is 11.8 Å². The number of hydrogen-bond donors (Lipinski definition) is 1. The topological polar surface area (TPSA) is 59.8 Å². The molecule has 1 fully saturated rings. The molecule has 0 unspecified atom stereocenters. The summed E-state index contributed by atoms with van der Waals surface area (Å²) in [6.07, 6.45) is 8.54. The van der Waals surface area contributed by atoms with Crippen LogP contribution in [0.1, 0.15) is 78.0 Å². The van der Waals surface area contributed by atoms with E-state index in [1.54, 1.807) is 6.33 Å². The molecular formula is C19H34N4O. The molecule has 5 heteroatoms. The molecule has 1 atom stereocenters. The van der Waals surface area contributed by atoms with Crippen molar-refractivity contribution in [3.8, 4) is 0 Å². The van der Waals surface area contributed by atoms with Gasteiger partial charge in [0.15, 0.2) is 0 Å². The molecule has 136 valence electrons. The highest BCUT2D eigenvalue weighted by molar-refractivity contribution is 5.76. The lowest BCUT2D eigenvalue weighted by Crippen LogP contribution is -2.32. The zero-order chi connectivity index (χ0) is 17.7. The zero-order valence-corrected chi connectivity index (χ0v) is 16.0. The van der Waals surface area contributed by atoms with Crippen LogP contribution in [0.5, 0.6) is 0 Å². The minimum absolute atomic E-state index is 0.183. The van der Waals surface area contributed by atoms with E-state index in [0.29, 0.717) is 24.3 Å². The van der Waals surface area contributed by atoms with Gasteiger partial charge in [-0.3, -0.25) is 4.79 Å². The summed E-state index contributed by atoms with van der Waals surface area (Å²) >= 11 is 0. The van der Waals surface area contributed by atoms with Crippen LogP contribution < -0.4 is 5.32 Å². The van der Waals surface area contributed by atoms with Crippen molar-refractivity contribution in [3.05, 3.63) is 12.2 Å². The molecule has 0 aromatic carbocycles. The summed E-state index contributed by atoms with van der Waals surface area (Å²) in [5, 5.41) is 11.1. The maximum absolute atomic E-state index is 12.3. The molecule has 0 aliphatic heterocycles. The number of nitrogens with one attached hydrogen (secondary N) is 1. The molecule has 1 aromatic rings. The third kappa shape index (κ3) is 4.81. The fraction of sp³-hybridized carbons (Fsp3) is 0.842. The fourth-order valence-corrected chi connectivity index (χ4v) is 3.87. The van der Waals surface area contributed by atoms with Crippen LogP contribution in [0, 0.1) is 17.3 Å². The van der Waals surface area contributed by atoms with E-state index in [4.69, 9.17) is 0 Å². The van der Waals surface area contributed by atoms with Crippen molar-refractivity contribution in [1.82, 2.24) is 20.1 Å². The molecule has 5 nitrogen and oxygen atoms in total. The Balaban J connectivity index is 1.71. The van der Waals surface area contributed by atoms with Gasteiger partial charge in [0, 0.05) is 25.9 Å². The smallest absolute Gasteiger partial charge is 0.220 e. The molecular weight excluding hydrogens is 300 g/mol. The van der Waals surface area contributed by atoms with Gasteiger partial charge in [-0.05, 0) is 42.9 Å². The van der Waals surface area contributed by atoms with Crippen molar-refractivity contribution in [2.24, 2.45) is 24.3 Å². The summed E-state index contributed by atoms with van der Waals surface area (Å²) in [7, 11) is 1.93. The molecule has 0 radical (unpaired) electrons. The minimum Gasteiger partial charge on any atom is -0.355 e. The molecule has 1 aliphatic carbocycles. The second kappa shape index (κ2) is 8.13.